The third-order valence-corrected chi connectivity index (χ3v) is 2.78. The van der Waals surface area contributed by atoms with Gasteiger partial charge in [0.05, 0.1) is 11.5 Å². The molecule has 1 atom stereocenters. The number of ether oxygens (including phenoxy) is 1. The molecular weight excluding hydrogens is 287 g/mol. The maximum absolute atomic E-state index is 11.8. The van der Waals surface area contributed by atoms with Gasteiger partial charge in [-0.1, -0.05) is 0 Å². The molecule has 0 spiro atoms. The fourth-order valence-corrected chi connectivity index (χ4v) is 1.80. The van der Waals surface area contributed by atoms with Gasteiger partial charge < -0.3 is 24.2 Å². The van der Waals surface area contributed by atoms with E-state index in [9.17, 15) is 19.8 Å². The molecule has 0 aliphatic rings. The first-order chi connectivity index (χ1) is 9.40. The van der Waals surface area contributed by atoms with E-state index in [-0.39, 0.29) is 47.1 Å². The standard InChI is InChI=1S/C14H14O6.Na/c1-7(15)6-19-11-4-3-9-10(16)5-12(14(17)18)20-13(9)8(11)2;/h3-5,7,15H,6H2,1-2H3,(H,17,18);/q;+1/p-1. The molecule has 2 rings (SSSR count). The van der Waals surface area contributed by atoms with Crippen molar-refractivity contribution in [1.29, 1.82) is 0 Å². The van der Waals surface area contributed by atoms with Gasteiger partial charge in [0.15, 0.2) is 11.2 Å². The largest absolute Gasteiger partial charge is 1.00 e. The fraction of sp³-hybridized carbons (Fsp3) is 0.286. The second-order valence-electron chi connectivity index (χ2n) is 4.49. The summed E-state index contributed by atoms with van der Waals surface area (Å²) in [5.74, 6) is -1.67. The Hall–Kier alpha value is -1.34. The topological polar surface area (TPSA) is 99.8 Å². The molecule has 0 aliphatic heterocycles. The van der Waals surface area contributed by atoms with Gasteiger partial charge in [0.1, 0.15) is 23.9 Å². The Balaban J connectivity index is 0.00000220. The van der Waals surface area contributed by atoms with E-state index in [4.69, 9.17) is 9.15 Å². The van der Waals surface area contributed by atoms with E-state index in [0.717, 1.165) is 6.07 Å². The summed E-state index contributed by atoms with van der Waals surface area (Å²) in [7, 11) is 0. The molecule has 7 heteroatoms. The number of rotatable bonds is 4. The van der Waals surface area contributed by atoms with Crippen molar-refractivity contribution in [2.24, 2.45) is 0 Å². The second kappa shape index (κ2) is 7.09. The van der Waals surface area contributed by atoms with E-state index >= 15 is 0 Å². The molecule has 1 heterocycles. The molecule has 1 N–H and O–H groups in total. The van der Waals surface area contributed by atoms with Gasteiger partial charge in [-0.3, -0.25) is 4.79 Å². The quantitative estimate of drug-likeness (QED) is 0.614. The molecule has 1 aromatic heterocycles. The average Bonchev–Trinajstić information content (AvgIpc) is 2.38. The molecule has 1 aromatic carbocycles. The molecule has 106 valence electrons. The van der Waals surface area contributed by atoms with Crippen molar-refractivity contribution < 1.29 is 53.7 Å². The van der Waals surface area contributed by atoms with Crippen LogP contribution in [0.4, 0.5) is 0 Å². The number of carbonyl (C=O) groups is 1. The number of aromatic carboxylic acids is 1. The van der Waals surface area contributed by atoms with Gasteiger partial charge in [-0.15, -0.1) is 0 Å². The molecule has 2 aromatic rings. The van der Waals surface area contributed by atoms with Crippen LogP contribution in [0.25, 0.3) is 11.0 Å². The molecule has 21 heavy (non-hydrogen) atoms. The molecule has 0 radical (unpaired) electrons. The summed E-state index contributed by atoms with van der Waals surface area (Å²) in [6, 6.07) is 3.95. The third kappa shape index (κ3) is 3.85. The Labute approximate surface area is 142 Å². The summed E-state index contributed by atoms with van der Waals surface area (Å²) in [6.07, 6.45) is -0.647. The van der Waals surface area contributed by atoms with Crippen LogP contribution in [0, 0.1) is 6.92 Å². The molecule has 0 saturated heterocycles. The second-order valence-corrected chi connectivity index (χ2v) is 4.49. The number of carbonyl (C=O) groups excluding carboxylic acids is 1. The van der Waals surface area contributed by atoms with Crippen molar-refractivity contribution in [3.8, 4) is 5.75 Å². The monoisotopic (exact) mass is 300 g/mol. The third-order valence-electron chi connectivity index (χ3n) is 2.78. The fourth-order valence-electron chi connectivity index (χ4n) is 1.80. The van der Waals surface area contributed by atoms with Gasteiger partial charge in [-0.25, -0.2) is 0 Å². The Kier molecular flexibility index (Phi) is 5.98. The van der Waals surface area contributed by atoms with Crippen LogP contribution in [0.5, 0.6) is 5.75 Å². The van der Waals surface area contributed by atoms with Crippen molar-refractivity contribution in [1.82, 2.24) is 0 Å². The number of aryl methyl sites for hydroxylation is 1. The number of aliphatic hydroxyl groups excluding tert-OH is 1. The van der Waals surface area contributed by atoms with Gasteiger partial charge >= 0.3 is 29.6 Å². The number of benzene rings is 1. The molecule has 0 saturated carbocycles. The van der Waals surface area contributed by atoms with Crippen molar-refractivity contribution in [3.63, 3.8) is 0 Å². The van der Waals surface area contributed by atoms with Gasteiger partial charge in [-0.2, -0.15) is 0 Å². The van der Waals surface area contributed by atoms with Crippen LogP contribution in [0.15, 0.2) is 27.4 Å². The first kappa shape index (κ1) is 17.7. The van der Waals surface area contributed by atoms with Gasteiger partial charge in [-0.05, 0) is 26.0 Å². The Bertz CT molecular complexity index is 719. The number of hydrogen-bond acceptors (Lipinski definition) is 6. The van der Waals surface area contributed by atoms with E-state index in [2.05, 4.69) is 0 Å². The number of carboxylic acid groups (broad SMARTS) is 1. The number of fused-ring (bicyclic) bond motifs is 1. The molecule has 0 bridgehead atoms. The van der Waals surface area contributed by atoms with Crippen molar-refractivity contribution >= 4 is 16.9 Å². The minimum absolute atomic E-state index is 0. The first-order valence-electron chi connectivity index (χ1n) is 6.00. The van der Waals surface area contributed by atoms with Crippen LogP contribution in [-0.4, -0.2) is 23.8 Å². The van der Waals surface area contributed by atoms with E-state index in [1.54, 1.807) is 19.9 Å². The maximum atomic E-state index is 11.8. The van der Waals surface area contributed by atoms with Crippen LogP contribution in [0.1, 0.15) is 23.0 Å². The number of carboxylic acids is 1. The predicted molar refractivity (Wildman–Crippen MR) is 68.7 cm³/mol. The Morgan fingerprint density at radius 3 is 2.71 bits per heavy atom. The summed E-state index contributed by atoms with van der Waals surface area (Å²) < 4.78 is 10.5. The minimum Gasteiger partial charge on any atom is -0.542 e. The maximum Gasteiger partial charge on any atom is 1.00 e. The Morgan fingerprint density at radius 2 is 2.14 bits per heavy atom. The normalized spacial score (nSPS) is 11.8. The zero-order valence-corrected chi connectivity index (χ0v) is 14.0. The molecule has 0 aliphatic carbocycles. The molecule has 1 unspecified atom stereocenters. The zero-order valence-electron chi connectivity index (χ0n) is 12.0. The summed E-state index contributed by atoms with van der Waals surface area (Å²) in [4.78, 5) is 22.6. The smallest absolute Gasteiger partial charge is 0.542 e. The first-order valence-corrected chi connectivity index (χ1v) is 6.00. The van der Waals surface area contributed by atoms with Crippen molar-refractivity contribution in [3.05, 3.63) is 39.7 Å². The van der Waals surface area contributed by atoms with Gasteiger partial charge in [0.2, 0.25) is 0 Å². The van der Waals surface area contributed by atoms with Crippen LogP contribution in [0.2, 0.25) is 0 Å². The van der Waals surface area contributed by atoms with Crippen LogP contribution < -0.4 is 44.8 Å². The predicted octanol–water partition coefficient (Wildman–Crippen LogP) is -2.77. The average molecular weight is 300 g/mol. The Morgan fingerprint density at radius 1 is 1.48 bits per heavy atom. The van der Waals surface area contributed by atoms with Gasteiger partial charge in [0, 0.05) is 11.6 Å². The summed E-state index contributed by atoms with van der Waals surface area (Å²) in [5.41, 5.74) is 0.166. The molecule has 0 amide bonds. The SMILES string of the molecule is Cc1c(OCC(C)O)ccc2c(=O)cc(C(=O)[O-])oc12.[Na+]. The molecule has 6 nitrogen and oxygen atoms in total. The molecular formula is C14H13NaO6. The van der Waals surface area contributed by atoms with E-state index in [1.807, 2.05) is 0 Å². The van der Waals surface area contributed by atoms with Crippen LogP contribution in [-0.2, 0) is 0 Å². The zero-order chi connectivity index (χ0) is 14.9. The van der Waals surface area contributed by atoms with E-state index < -0.39 is 23.3 Å². The molecule has 0 fully saturated rings. The number of hydrogen-bond donors (Lipinski definition) is 1. The van der Waals surface area contributed by atoms with Crippen LogP contribution >= 0.6 is 0 Å². The minimum atomic E-state index is -1.56. The van der Waals surface area contributed by atoms with E-state index in [0.29, 0.717) is 11.3 Å². The van der Waals surface area contributed by atoms with Crippen LogP contribution in [0.3, 0.4) is 0 Å². The van der Waals surface area contributed by atoms with E-state index in [1.165, 1.54) is 6.07 Å². The van der Waals surface area contributed by atoms with Gasteiger partial charge in [0.25, 0.3) is 0 Å². The summed E-state index contributed by atoms with van der Waals surface area (Å²) >= 11 is 0. The number of aliphatic hydroxyl groups is 1. The van der Waals surface area contributed by atoms with Crippen molar-refractivity contribution in [2.75, 3.05) is 6.61 Å². The summed E-state index contributed by atoms with van der Waals surface area (Å²) in [6.45, 7) is 3.29. The summed E-state index contributed by atoms with van der Waals surface area (Å²) in [5, 5.41) is 20.3. The van der Waals surface area contributed by atoms with Crippen molar-refractivity contribution in [2.45, 2.75) is 20.0 Å².